The van der Waals surface area contributed by atoms with Gasteiger partial charge >= 0.3 is 5.97 Å². The number of amides is 1. The summed E-state index contributed by atoms with van der Waals surface area (Å²) < 4.78 is 13.7. The number of nitrogens with zero attached hydrogens (tertiary/aromatic N) is 1. The number of carbonyl (C=O) groups is 2. The molecule has 0 saturated carbocycles. The Kier molecular flexibility index (Phi) is 4.87. The summed E-state index contributed by atoms with van der Waals surface area (Å²) in [7, 11) is 0. The largest absolute Gasteiger partial charge is 0.480 e. The van der Waals surface area contributed by atoms with Crippen LogP contribution in [0.3, 0.4) is 0 Å². The summed E-state index contributed by atoms with van der Waals surface area (Å²) in [5.74, 6) is -2.29. The first-order valence-electron chi connectivity index (χ1n) is 6.64. The molecule has 0 bridgehead atoms. The van der Waals surface area contributed by atoms with Gasteiger partial charge in [0.25, 0.3) is 5.91 Å². The van der Waals surface area contributed by atoms with E-state index in [2.05, 4.69) is 10.3 Å². The summed E-state index contributed by atoms with van der Waals surface area (Å²) in [4.78, 5) is 27.5. The molecular formula is C15H15FN2O3S. The van der Waals surface area contributed by atoms with E-state index < -0.39 is 23.7 Å². The van der Waals surface area contributed by atoms with Gasteiger partial charge in [0.15, 0.2) is 0 Å². The van der Waals surface area contributed by atoms with Crippen molar-refractivity contribution in [3.63, 3.8) is 0 Å². The Labute approximate surface area is 130 Å². The molecule has 0 spiro atoms. The van der Waals surface area contributed by atoms with Crippen LogP contribution >= 0.6 is 11.3 Å². The quantitative estimate of drug-likeness (QED) is 0.887. The average molecular weight is 322 g/mol. The number of thiazole rings is 1. The van der Waals surface area contributed by atoms with E-state index in [0.717, 1.165) is 11.3 Å². The van der Waals surface area contributed by atoms with E-state index >= 15 is 0 Å². The molecule has 1 amide bonds. The number of halogens is 1. The van der Waals surface area contributed by atoms with Crippen molar-refractivity contribution in [2.45, 2.75) is 19.9 Å². The fraction of sp³-hybridized carbons (Fsp3) is 0.267. The van der Waals surface area contributed by atoms with Crippen molar-refractivity contribution in [1.29, 1.82) is 0 Å². The molecule has 0 aliphatic carbocycles. The number of hydrogen-bond donors (Lipinski definition) is 2. The maximum Gasteiger partial charge on any atom is 0.326 e. The molecule has 116 valence electrons. The predicted molar refractivity (Wildman–Crippen MR) is 81.2 cm³/mol. The van der Waals surface area contributed by atoms with Crippen molar-refractivity contribution in [1.82, 2.24) is 10.3 Å². The van der Waals surface area contributed by atoms with Crippen molar-refractivity contribution in [2.75, 3.05) is 0 Å². The van der Waals surface area contributed by atoms with Crippen molar-refractivity contribution >= 4 is 23.2 Å². The Morgan fingerprint density at radius 2 is 2.00 bits per heavy atom. The molecule has 2 rings (SSSR count). The first-order valence-corrected chi connectivity index (χ1v) is 7.46. The molecule has 1 atom stereocenters. The molecule has 2 N–H and O–H groups in total. The number of aromatic nitrogens is 1. The maximum atomic E-state index is 13.7. The second-order valence-electron chi connectivity index (χ2n) is 5.04. The number of carboxylic acid groups (broad SMARTS) is 1. The summed E-state index contributed by atoms with van der Waals surface area (Å²) >= 11 is 1.02. The number of nitrogens with one attached hydrogen (secondary N) is 1. The lowest BCUT2D eigenvalue weighted by molar-refractivity contribution is -0.140. The van der Waals surface area contributed by atoms with Gasteiger partial charge in [-0.25, -0.2) is 14.2 Å². The molecule has 22 heavy (non-hydrogen) atoms. The zero-order valence-corrected chi connectivity index (χ0v) is 12.9. The fourth-order valence-electron chi connectivity index (χ4n) is 1.86. The summed E-state index contributed by atoms with van der Waals surface area (Å²) in [5, 5.41) is 11.9. The molecule has 0 aliphatic rings. The summed E-state index contributed by atoms with van der Waals surface area (Å²) in [6.45, 7) is 3.41. The van der Waals surface area contributed by atoms with Gasteiger partial charge in [0, 0.05) is 5.56 Å². The minimum Gasteiger partial charge on any atom is -0.480 e. The van der Waals surface area contributed by atoms with Crippen LogP contribution < -0.4 is 5.32 Å². The van der Waals surface area contributed by atoms with E-state index in [-0.39, 0.29) is 10.8 Å². The van der Waals surface area contributed by atoms with Crippen molar-refractivity contribution in [3.8, 4) is 10.6 Å². The van der Waals surface area contributed by atoms with Gasteiger partial charge in [-0.15, -0.1) is 11.3 Å². The van der Waals surface area contributed by atoms with Crippen LogP contribution in [0, 0.1) is 11.7 Å². The molecule has 0 fully saturated rings. The van der Waals surface area contributed by atoms with Gasteiger partial charge in [-0.2, -0.15) is 0 Å². The molecule has 1 aromatic heterocycles. The Morgan fingerprint density at radius 3 is 2.59 bits per heavy atom. The second kappa shape index (κ2) is 6.65. The van der Waals surface area contributed by atoms with Gasteiger partial charge < -0.3 is 10.4 Å². The zero-order valence-electron chi connectivity index (χ0n) is 12.0. The maximum absolute atomic E-state index is 13.7. The second-order valence-corrected chi connectivity index (χ2v) is 6.07. The highest BCUT2D eigenvalue weighted by Gasteiger charge is 2.25. The third kappa shape index (κ3) is 3.48. The first-order chi connectivity index (χ1) is 10.4. The molecule has 1 unspecified atom stereocenters. The Bertz CT molecular complexity index is 700. The number of benzene rings is 1. The molecule has 0 aliphatic heterocycles. The summed E-state index contributed by atoms with van der Waals surface area (Å²) in [6, 6.07) is 5.16. The molecule has 5 nitrogen and oxygen atoms in total. The number of carbonyl (C=O) groups excluding carboxylic acids is 1. The lowest BCUT2D eigenvalue weighted by Gasteiger charge is -2.17. The third-order valence-corrected chi connectivity index (χ3v) is 4.08. The van der Waals surface area contributed by atoms with E-state index in [1.165, 1.54) is 12.3 Å². The van der Waals surface area contributed by atoms with Crippen LogP contribution in [-0.4, -0.2) is 28.0 Å². The topological polar surface area (TPSA) is 79.3 Å². The van der Waals surface area contributed by atoms with Gasteiger partial charge in [-0.1, -0.05) is 26.0 Å². The molecule has 1 heterocycles. The van der Waals surface area contributed by atoms with Gasteiger partial charge in [0.05, 0.1) is 6.20 Å². The van der Waals surface area contributed by atoms with E-state index in [0.29, 0.717) is 10.6 Å². The standard InChI is InChI=1S/C15H15FN2O3S/c1-8(2)12(15(20)21)18-13(19)11-7-17-14(22-11)9-5-3-4-6-10(9)16/h3-8,12H,1-2H3,(H,18,19)(H,20,21). The van der Waals surface area contributed by atoms with Crippen molar-refractivity contribution in [2.24, 2.45) is 5.92 Å². The van der Waals surface area contributed by atoms with Crippen LogP contribution in [0.1, 0.15) is 23.5 Å². The average Bonchev–Trinajstić information content (AvgIpc) is 2.94. The zero-order chi connectivity index (χ0) is 16.3. The third-order valence-electron chi connectivity index (χ3n) is 3.05. The smallest absolute Gasteiger partial charge is 0.326 e. The lowest BCUT2D eigenvalue weighted by Crippen LogP contribution is -2.44. The lowest BCUT2D eigenvalue weighted by atomic mass is 10.0. The van der Waals surface area contributed by atoms with Crippen LogP contribution in [0.2, 0.25) is 0 Å². The number of aliphatic carboxylic acids is 1. The van der Waals surface area contributed by atoms with E-state index in [9.17, 15) is 14.0 Å². The SMILES string of the molecule is CC(C)C(NC(=O)c1cnc(-c2ccccc2F)s1)C(=O)O. The minimum absolute atomic E-state index is 0.241. The Morgan fingerprint density at radius 1 is 1.32 bits per heavy atom. The van der Waals surface area contributed by atoms with Crippen LogP contribution in [0.15, 0.2) is 30.5 Å². The monoisotopic (exact) mass is 322 g/mol. The molecule has 2 aromatic rings. The minimum atomic E-state index is -1.10. The number of hydrogen-bond acceptors (Lipinski definition) is 4. The summed E-state index contributed by atoms with van der Waals surface area (Å²) in [5.41, 5.74) is 0.310. The summed E-state index contributed by atoms with van der Waals surface area (Å²) in [6.07, 6.45) is 1.32. The number of carboxylic acids is 1. The predicted octanol–water partition coefficient (Wildman–Crippen LogP) is 2.79. The highest BCUT2D eigenvalue weighted by atomic mass is 32.1. The van der Waals surface area contributed by atoms with Gasteiger partial charge in [0.1, 0.15) is 21.7 Å². The van der Waals surface area contributed by atoms with E-state index in [1.54, 1.807) is 32.0 Å². The fourth-order valence-corrected chi connectivity index (χ4v) is 2.71. The van der Waals surface area contributed by atoms with E-state index in [4.69, 9.17) is 5.11 Å². The normalized spacial score (nSPS) is 12.2. The molecule has 7 heteroatoms. The van der Waals surface area contributed by atoms with Gasteiger partial charge in [-0.3, -0.25) is 4.79 Å². The number of rotatable bonds is 5. The first kappa shape index (κ1) is 16.1. The highest BCUT2D eigenvalue weighted by Crippen LogP contribution is 2.27. The molecular weight excluding hydrogens is 307 g/mol. The van der Waals surface area contributed by atoms with Gasteiger partial charge in [0.2, 0.25) is 0 Å². The molecule has 0 saturated heterocycles. The highest BCUT2D eigenvalue weighted by molar-refractivity contribution is 7.16. The Hall–Kier alpha value is -2.28. The molecule has 1 aromatic carbocycles. The van der Waals surface area contributed by atoms with E-state index in [1.807, 2.05) is 0 Å². The van der Waals surface area contributed by atoms with Crippen molar-refractivity contribution in [3.05, 3.63) is 41.2 Å². The Balaban J connectivity index is 2.19. The van der Waals surface area contributed by atoms with Gasteiger partial charge in [-0.05, 0) is 18.1 Å². The van der Waals surface area contributed by atoms with Crippen molar-refractivity contribution < 1.29 is 19.1 Å². The van der Waals surface area contributed by atoms with Crippen LogP contribution in [0.4, 0.5) is 4.39 Å². The molecule has 0 radical (unpaired) electrons. The van der Waals surface area contributed by atoms with Crippen LogP contribution in [-0.2, 0) is 4.79 Å². The van der Waals surface area contributed by atoms with Crippen LogP contribution in [0.25, 0.3) is 10.6 Å². The van der Waals surface area contributed by atoms with Crippen LogP contribution in [0.5, 0.6) is 0 Å².